The van der Waals surface area contributed by atoms with Crippen LogP contribution in [0.25, 0.3) is 11.3 Å². The van der Waals surface area contributed by atoms with Gasteiger partial charge < -0.3 is 10.1 Å². The molecule has 1 heterocycles. The highest BCUT2D eigenvalue weighted by Gasteiger charge is 2.07. The molecule has 2 aromatic rings. The SMILES string of the molecule is COCCNCc1nc(-c2ccc(F)c(Cl)c2)cs1. The van der Waals surface area contributed by atoms with Gasteiger partial charge >= 0.3 is 0 Å². The van der Waals surface area contributed by atoms with Gasteiger partial charge in [0.25, 0.3) is 0 Å². The number of aromatic nitrogens is 1. The zero-order valence-corrected chi connectivity index (χ0v) is 12.0. The molecule has 0 bridgehead atoms. The summed E-state index contributed by atoms with van der Waals surface area (Å²) in [6.07, 6.45) is 0. The number of rotatable bonds is 6. The fourth-order valence-electron chi connectivity index (χ4n) is 1.55. The molecule has 19 heavy (non-hydrogen) atoms. The number of thiazole rings is 1. The molecule has 0 aliphatic carbocycles. The van der Waals surface area contributed by atoms with E-state index in [4.69, 9.17) is 16.3 Å². The van der Waals surface area contributed by atoms with E-state index in [-0.39, 0.29) is 5.02 Å². The highest BCUT2D eigenvalue weighted by atomic mass is 35.5. The molecule has 0 amide bonds. The first-order valence-electron chi connectivity index (χ1n) is 5.80. The predicted molar refractivity (Wildman–Crippen MR) is 76.1 cm³/mol. The molecule has 0 aliphatic rings. The highest BCUT2D eigenvalue weighted by Crippen LogP contribution is 2.26. The zero-order valence-electron chi connectivity index (χ0n) is 10.5. The second kappa shape index (κ2) is 6.96. The van der Waals surface area contributed by atoms with Gasteiger partial charge in [0.1, 0.15) is 10.8 Å². The van der Waals surface area contributed by atoms with Crippen molar-refractivity contribution in [2.24, 2.45) is 0 Å². The number of nitrogens with one attached hydrogen (secondary N) is 1. The van der Waals surface area contributed by atoms with Gasteiger partial charge in [0.05, 0.1) is 17.3 Å². The van der Waals surface area contributed by atoms with Crippen LogP contribution in [-0.4, -0.2) is 25.2 Å². The molecular formula is C13H14ClFN2OS. The van der Waals surface area contributed by atoms with E-state index in [1.54, 1.807) is 30.6 Å². The molecule has 0 unspecified atom stereocenters. The van der Waals surface area contributed by atoms with Crippen LogP contribution in [0, 0.1) is 5.82 Å². The summed E-state index contributed by atoms with van der Waals surface area (Å²) < 4.78 is 18.0. The average Bonchev–Trinajstić information content (AvgIpc) is 2.87. The van der Waals surface area contributed by atoms with Gasteiger partial charge in [-0.3, -0.25) is 0 Å². The van der Waals surface area contributed by atoms with Gasteiger partial charge in [0.2, 0.25) is 0 Å². The van der Waals surface area contributed by atoms with E-state index in [1.807, 2.05) is 5.38 Å². The summed E-state index contributed by atoms with van der Waals surface area (Å²) in [5.74, 6) is -0.415. The lowest BCUT2D eigenvalue weighted by Gasteiger charge is -2.01. The molecule has 0 saturated carbocycles. The third-order valence-electron chi connectivity index (χ3n) is 2.53. The van der Waals surface area contributed by atoms with E-state index >= 15 is 0 Å². The first-order valence-corrected chi connectivity index (χ1v) is 7.06. The number of hydrogen-bond acceptors (Lipinski definition) is 4. The quantitative estimate of drug-likeness (QED) is 0.831. The molecule has 0 aliphatic heterocycles. The lowest BCUT2D eigenvalue weighted by atomic mass is 10.2. The number of ether oxygens (including phenoxy) is 1. The molecule has 0 radical (unpaired) electrons. The van der Waals surface area contributed by atoms with Crippen LogP contribution in [-0.2, 0) is 11.3 Å². The minimum absolute atomic E-state index is 0.116. The summed E-state index contributed by atoms with van der Waals surface area (Å²) in [5, 5.41) is 6.26. The highest BCUT2D eigenvalue weighted by molar-refractivity contribution is 7.09. The molecule has 1 aromatic carbocycles. The summed E-state index contributed by atoms with van der Waals surface area (Å²) in [6.45, 7) is 2.16. The van der Waals surface area contributed by atoms with Crippen molar-refractivity contribution in [3.8, 4) is 11.3 Å². The van der Waals surface area contributed by atoms with Gasteiger partial charge in [-0.25, -0.2) is 9.37 Å². The van der Waals surface area contributed by atoms with E-state index < -0.39 is 5.82 Å². The number of benzene rings is 1. The van der Waals surface area contributed by atoms with Gasteiger partial charge in [-0.1, -0.05) is 11.6 Å². The van der Waals surface area contributed by atoms with Crippen molar-refractivity contribution in [3.05, 3.63) is 39.4 Å². The lowest BCUT2D eigenvalue weighted by molar-refractivity contribution is 0.199. The molecule has 3 nitrogen and oxygen atoms in total. The summed E-state index contributed by atoms with van der Waals surface area (Å²) in [4.78, 5) is 4.48. The lowest BCUT2D eigenvalue weighted by Crippen LogP contribution is -2.18. The third kappa shape index (κ3) is 3.98. The van der Waals surface area contributed by atoms with E-state index in [1.165, 1.54) is 6.07 Å². The first kappa shape index (κ1) is 14.4. The van der Waals surface area contributed by atoms with Crippen LogP contribution in [0.15, 0.2) is 23.6 Å². The molecule has 2 rings (SSSR count). The molecule has 1 N–H and O–H groups in total. The van der Waals surface area contributed by atoms with E-state index in [0.29, 0.717) is 13.2 Å². The third-order valence-corrected chi connectivity index (χ3v) is 3.66. The van der Waals surface area contributed by atoms with Crippen molar-refractivity contribution in [2.75, 3.05) is 20.3 Å². The Kier molecular flexibility index (Phi) is 5.27. The van der Waals surface area contributed by atoms with Crippen LogP contribution in [0.1, 0.15) is 5.01 Å². The zero-order chi connectivity index (χ0) is 13.7. The van der Waals surface area contributed by atoms with E-state index in [2.05, 4.69) is 10.3 Å². The number of methoxy groups -OCH3 is 1. The monoisotopic (exact) mass is 300 g/mol. The van der Waals surface area contributed by atoms with Gasteiger partial charge in [0, 0.05) is 31.1 Å². The van der Waals surface area contributed by atoms with Crippen molar-refractivity contribution in [1.29, 1.82) is 0 Å². The predicted octanol–water partition coefficient (Wildman–Crippen LogP) is 3.34. The summed E-state index contributed by atoms with van der Waals surface area (Å²) in [6, 6.07) is 4.62. The van der Waals surface area contributed by atoms with Crippen molar-refractivity contribution in [2.45, 2.75) is 6.54 Å². The van der Waals surface area contributed by atoms with Gasteiger partial charge in [0.15, 0.2) is 0 Å². The number of hydrogen-bond donors (Lipinski definition) is 1. The molecule has 0 atom stereocenters. The Morgan fingerprint density at radius 1 is 1.47 bits per heavy atom. The Morgan fingerprint density at radius 2 is 2.32 bits per heavy atom. The van der Waals surface area contributed by atoms with E-state index in [9.17, 15) is 4.39 Å². The van der Waals surface area contributed by atoms with Crippen LogP contribution in [0.2, 0.25) is 5.02 Å². The first-order chi connectivity index (χ1) is 9.20. The van der Waals surface area contributed by atoms with Crippen molar-refractivity contribution < 1.29 is 9.13 Å². The fourth-order valence-corrected chi connectivity index (χ4v) is 2.50. The Hall–Kier alpha value is -1.01. The normalized spacial score (nSPS) is 10.9. The largest absolute Gasteiger partial charge is 0.383 e. The van der Waals surface area contributed by atoms with Crippen LogP contribution < -0.4 is 5.32 Å². The molecule has 0 saturated heterocycles. The maximum Gasteiger partial charge on any atom is 0.141 e. The van der Waals surface area contributed by atoms with Gasteiger partial charge in [-0.15, -0.1) is 11.3 Å². The van der Waals surface area contributed by atoms with Crippen LogP contribution in [0.5, 0.6) is 0 Å². The average molecular weight is 301 g/mol. The van der Waals surface area contributed by atoms with Crippen LogP contribution in [0.4, 0.5) is 4.39 Å². The summed E-state index contributed by atoms with van der Waals surface area (Å²) in [5.41, 5.74) is 1.64. The molecule has 0 spiro atoms. The summed E-state index contributed by atoms with van der Waals surface area (Å²) >= 11 is 7.32. The standard InChI is InChI=1S/C13H14ClFN2OS/c1-18-5-4-16-7-13-17-12(8-19-13)9-2-3-11(15)10(14)6-9/h2-3,6,8,16H,4-5,7H2,1H3. The Morgan fingerprint density at radius 3 is 3.05 bits per heavy atom. The van der Waals surface area contributed by atoms with E-state index in [0.717, 1.165) is 22.8 Å². The minimum Gasteiger partial charge on any atom is -0.383 e. The Balaban J connectivity index is 2.01. The number of nitrogens with zero attached hydrogens (tertiary/aromatic N) is 1. The maximum absolute atomic E-state index is 13.1. The second-order valence-electron chi connectivity index (χ2n) is 3.92. The Bertz CT molecular complexity index is 547. The van der Waals surface area contributed by atoms with Gasteiger partial charge in [-0.05, 0) is 18.2 Å². The van der Waals surface area contributed by atoms with Crippen molar-refractivity contribution >= 4 is 22.9 Å². The molecule has 102 valence electrons. The summed E-state index contributed by atoms with van der Waals surface area (Å²) in [7, 11) is 1.67. The topological polar surface area (TPSA) is 34.1 Å². The Labute approximate surface area is 120 Å². The van der Waals surface area contributed by atoms with Crippen molar-refractivity contribution in [1.82, 2.24) is 10.3 Å². The minimum atomic E-state index is -0.415. The fraction of sp³-hybridized carbons (Fsp3) is 0.308. The second-order valence-corrected chi connectivity index (χ2v) is 5.27. The molecular weight excluding hydrogens is 287 g/mol. The number of halogens is 2. The smallest absolute Gasteiger partial charge is 0.141 e. The van der Waals surface area contributed by atoms with Crippen LogP contribution >= 0.6 is 22.9 Å². The molecule has 6 heteroatoms. The maximum atomic E-state index is 13.1. The molecule has 0 fully saturated rings. The van der Waals surface area contributed by atoms with Crippen molar-refractivity contribution in [3.63, 3.8) is 0 Å². The molecule has 1 aromatic heterocycles. The van der Waals surface area contributed by atoms with Crippen LogP contribution in [0.3, 0.4) is 0 Å². The van der Waals surface area contributed by atoms with Gasteiger partial charge in [-0.2, -0.15) is 0 Å².